The molecule has 0 aromatic heterocycles. The summed E-state index contributed by atoms with van der Waals surface area (Å²) in [6, 6.07) is 1.68. The van der Waals surface area contributed by atoms with Gasteiger partial charge in [0.1, 0.15) is 0 Å². The Balaban J connectivity index is 2.31. The molecule has 1 fully saturated rings. The summed E-state index contributed by atoms with van der Waals surface area (Å²) in [4.78, 5) is 1.70. The van der Waals surface area contributed by atoms with Crippen LogP contribution in [0.5, 0.6) is 0 Å². The Morgan fingerprint density at radius 3 is 1.95 bits per heavy atom. The second-order valence-electron chi connectivity index (χ2n) is 4.77. The summed E-state index contributed by atoms with van der Waals surface area (Å²) in [5.41, 5.74) is -2.56. The highest BCUT2D eigenvalue weighted by Gasteiger charge is 2.36. The van der Waals surface area contributed by atoms with Crippen molar-refractivity contribution in [3.8, 4) is 0 Å². The van der Waals surface area contributed by atoms with Gasteiger partial charge in [0, 0.05) is 32.7 Å². The highest BCUT2D eigenvalue weighted by atomic mass is 19.4. The normalized spacial score (nSPS) is 18.0. The summed E-state index contributed by atoms with van der Waals surface area (Å²) in [7, 11) is 0. The summed E-state index contributed by atoms with van der Waals surface area (Å²) in [6.07, 6.45) is -9.60. The molecule has 0 aliphatic carbocycles. The smallest absolute Gasteiger partial charge is 0.314 e. The van der Waals surface area contributed by atoms with Crippen LogP contribution in [0.1, 0.15) is 16.7 Å². The molecule has 1 aromatic rings. The van der Waals surface area contributed by atoms with E-state index in [2.05, 4.69) is 5.32 Å². The van der Waals surface area contributed by atoms with Gasteiger partial charge in [-0.1, -0.05) is 0 Å². The van der Waals surface area contributed by atoms with Gasteiger partial charge in [0.15, 0.2) is 0 Å². The molecule has 1 radical (unpaired) electrons. The van der Waals surface area contributed by atoms with Crippen molar-refractivity contribution in [1.82, 2.24) is 10.2 Å². The Hall–Kier alpha value is -1.28. The van der Waals surface area contributed by atoms with E-state index < -0.39 is 23.5 Å². The number of hydrogen-bond donors (Lipinski definition) is 1. The van der Waals surface area contributed by atoms with Gasteiger partial charge in [0.2, 0.25) is 0 Å². The van der Waals surface area contributed by atoms with Crippen LogP contribution in [0.25, 0.3) is 0 Å². The Kier molecular flexibility index (Phi) is 4.48. The van der Waals surface area contributed by atoms with Crippen LogP contribution in [-0.2, 0) is 18.9 Å². The zero-order valence-corrected chi connectivity index (χ0v) is 10.9. The maximum Gasteiger partial charge on any atom is 0.416 e. The lowest BCUT2D eigenvalue weighted by Crippen LogP contribution is -2.39. The van der Waals surface area contributed by atoms with E-state index in [0.717, 1.165) is 12.1 Å². The molecule has 21 heavy (non-hydrogen) atoms. The van der Waals surface area contributed by atoms with Gasteiger partial charge in [-0.2, -0.15) is 26.3 Å². The highest BCUT2D eigenvalue weighted by molar-refractivity contribution is 5.33. The van der Waals surface area contributed by atoms with Crippen molar-refractivity contribution < 1.29 is 26.3 Å². The van der Waals surface area contributed by atoms with Crippen molar-refractivity contribution in [2.75, 3.05) is 19.6 Å². The fourth-order valence-electron chi connectivity index (χ4n) is 2.10. The first-order valence-corrected chi connectivity index (χ1v) is 6.23. The minimum atomic E-state index is -4.80. The molecule has 0 atom stereocenters. The number of nitrogens with zero attached hydrogens (tertiary/aromatic N) is 1. The molecule has 1 saturated heterocycles. The van der Waals surface area contributed by atoms with Gasteiger partial charge >= 0.3 is 12.4 Å². The molecule has 0 spiro atoms. The van der Waals surface area contributed by atoms with Gasteiger partial charge in [0.25, 0.3) is 0 Å². The van der Waals surface area contributed by atoms with Gasteiger partial charge in [-0.05, 0) is 23.8 Å². The van der Waals surface area contributed by atoms with Gasteiger partial charge in [-0.15, -0.1) is 0 Å². The van der Waals surface area contributed by atoms with E-state index in [9.17, 15) is 26.3 Å². The molecular formula is C13H13F6N2. The minimum Gasteiger partial charge on any atom is -0.314 e. The van der Waals surface area contributed by atoms with E-state index in [0.29, 0.717) is 19.6 Å². The minimum absolute atomic E-state index is 0.00435. The van der Waals surface area contributed by atoms with E-state index in [1.165, 1.54) is 0 Å². The second kappa shape index (κ2) is 5.84. The first-order valence-electron chi connectivity index (χ1n) is 6.23. The van der Waals surface area contributed by atoms with Crippen molar-refractivity contribution in [3.05, 3.63) is 41.4 Å². The summed E-state index contributed by atoms with van der Waals surface area (Å²) >= 11 is 0. The Morgan fingerprint density at radius 2 is 1.52 bits per heavy atom. The first-order chi connectivity index (χ1) is 9.66. The van der Waals surface area contributed by atoms with Crippen molar-refractivity contribution in [3.63, 3.8) is 0 Å². The van der Waals surface area contributed by atoms with E-state index in [1.807, 2.05) is 0 Å². The number of nitrogens with one attached hydrogen (secondary N) is 1. The van der Waals surface area contributed by atoms with Crippen molar-refractivity contribution in [2.24, 2.45) is 0 Å². The number of rotatable bonds is 2. The monoisotopic (exact) mass is 311 g/mol. The predicted octanol–water partition coefficient (Wildman–Crippen LogP) is 3.29. The van der Waals surface area contributed by atoms with Crippen LogP contribution in [-0.4, -0.2) is 24.5 Å². The van der Waals surface area contributed by atoms with Gasteiger partial charge in [-0.25, -0.2) is 0 Å². The lowest BCUT2D eigenvalue weighted by molar-refractivity contribution is -0.143. The number of piperazine rings is 1. The maximum atomic E-state index is 12.7. The number of halogens is 6. The van der Waals surface area contributed by atoms with Crippen molar-refractivity contribution in [2.45, 2.75) is 18.9 Å². The molecule has 0 unspecified atom stereocenters. The highest BCUT2D eigenvalue weighted by Crippen LogP contribution is 2.36. The topological polar surface area (TPSA) is 15.3 Å². The van der Waals surface area contributed by atoms with E-state index in [1.54, 1.807) is 11.4 Å². The number of benzene rings is 1. The van der Waals surface area contributed by atoms with Crippen LogP contribution in [0.3, 0.4) is 0 Å². The Labute approximate surface area is 117 Å². The molecule has 1 aliphatic heterocycles. The van der Waals surface area contributed by atoms with Crippen molar-refractivity contribution in [1.29, 1.82) is 0 Å². The fraction of sp³-hybridized carbons (Fsp3) is 0.462. The zero-order chi connectivity index (χ0) is 15.7. The van der Waals surface area contributed by atoms with Crippen LogP contribution in [0.2, 0.25) is 0 Å². The summed E-state index contributed by atoms with van der Waals surface area (Å²) in [5.74, 6) is 0. The first kappa shape index (κ1) is 16.1. The standard InChI is InChI=1S/C13H13F6N2/c14-12(15,16)10-5-9(6-11(7-10)13(17,18)19)8-21-3-1-20-2-4-21/h3,5-7,20H,1-2,4,8H2. The molecule has 117 valence electrons. The van der Waals surface area contributed by atoms with Crippen LogP contribution in [0.4, 0.5) is 26.3 Å². The summed E-state index contributed by atoms with van der Waals surface area (Å²) in [5, 5.41) is 3.01. The molecular weight excluding hydrogens is 298 g/mol. The quantitative estimate of drug-likeness (QED) is 0.843. The van der Waals surface area contributed by atoms with Crippen LogP contribution >= 0.6 is 0 Å². The molecule has 1 aromatic carbocycles. The third-order valence-corrected chi connectivity index (χ3v) is 3.10. The Bertz CT molecular complexity index is 456. The van der Waals surface area contributed by atoms with Gasteiger partial charge in [-0.3, -0.25) is 4.90 Å². The van der Waals surface area contributed by atoms with Crippen LogP contribution < -0.4 is 5.32 Å². The molecule has 8 heteroatoms. The van der Waals surface area contributed by atoms with Crippen LogP contribution in [0, 0.1) is 6.54 Å². The average Bonchev–Trinajstić information content (AvgIpc) is 2.37. The lowest BCUT2D eigenvalue weighted by atomic mass is 10.0. The van der Waals surface area contributed by atoms with E-state index >= 15 is 0 Å². The van der Waals surface area contributed by atoms with Gasteiger partial charge in [0.05, 0.1) is 11.1 Å². The molecule has 1 N–H and O–H groups in total. The van der Waals surface area contributed by atoms with Crippen molar-refractivity contribution >= 4 is 0 Å². The SMILES string of the molecule is FC(F)(F)c1cc(CN2[CH]CNCC2)cc(C(F)(F)F)c1. The molecule has 1 aliphatic rings. The molecule has 0 amide bonds. The third kappa shape index (κ3) is 4.34. The molecule has 0 saturated carbocycles. The molecule has 0 bridgehead atoms. The molecule has 2 rings (SSSR count). The second-order valence-corrected chi connectivity index (χ2v) is 4.77. The fourth-order valence-corrected chi connectivity index (χ4v) is 2.10. The van der Waals surface area contributed by atoms with E-state index in [-0.39, 0.29) is 18.2 Å². The maximum absolute atomic E-state index is 12.7. The Morgan fingerprint density at radius 1 is 0.952 bits per heavy atom. The lowest BCUT2D eigenvalue weighted by Gasteiger charge is -2.27. The largest absolute Gasteiger partial charge is 0.416 e. The van der Waals surface area contributed by atoms with E-state index in [4.69, 9.17) is 0 Å². The summed E-state index contributed by atoms with van der Waals surface area (Å²) < 4.78 is 76.3. The zero-order valence-electron chi connectivity index (χ0n) is 10.9. The molecule has 2 nitrogen and oxygen atoms in total. The number of hydrogen-bond acceptors (Lipinski definition) is 2. The third-order valence-electron chi connectivity index (χ3n) is 3.10. The average molecular weight is 311 g/mol. The van der Waals surface area contributed by atoms with Crippen LogP contribution in [0.15, 0.2) is 18.2 Å². The number of alkyl halides is 6. The summed E-state index contributed by atoms with van der Waals surface area (Å²) in [6.45, 7) is 3.47. The van der Waals surface area contributed by atoms with Gasteiger partial charge < -0.3 is 5.32 Å². The predicted molar refractivity (Wildman–Crippen MR) is 64.0 cm³/mol. The molecule has 1 heterocycles.